The predicted octanol–water partition coefficient (Wildman–Crippen LogP) is 3.89. The Bertz CT molecular complexity index is 427. The molecule has 1 atom stereocenters. The number of rotatable bonds is 5. The fourth-order valence-corrected chi connectivity index (χ4v) is 1.62. The first-order valence-corrected chi connectivity index (χ1v) is 6.60. The molecule has 98 valence electrons. The molecule has 1 aromatic rings. The molecular weight excluding hydrogens is 220 g/mol. The third-order valence-corrected chi connectivity index (χ3v) is 3.94. The molecule has 0 aliphatic heterocycles. The molecular formula is C16H24N2. The number of nitriles is 1. The minimum absolute atomic E-state index is 0.274. The monoisotopic (exact) mass is 244 g/mol. The van der Waals surface area contributed by atoms with Gasteiger partial charge >= 0.3 is 0 Å². The van der Waals surface area contributed by atoms with Gasteiger partial charge in [-0.2, -0.15) is 5.26 Å². The van der Waals surface area contributed by atoms with E-state index in [9.17, 15) is 0 Å². The highest BCUT2D eigenvalue weighted by Gasteiger charge is 2.22. The van der Waals surface area contributed by atoms with Crippen molar-refractivity contribution in [3.8, 4) is 6.07 Å². The lowest BCUT2D eigenvalue weighted by atomic mass is 9.81. The van der Waals surface area contributed by atoms with Crippen molar-refractivity contribution in [2.75, 3.05) is 6.54 Å². The summed E-state index contributed by atoms with van der Waals surface area (Å²) in [6.45, 7) is 12.2. The Kier molecular flexibility index (Phi) is 4.93. The van der Waals surface area contributed by atoms with Gasteiger partial charge in [0, 0.05) is 12.6 Å². The van der Waals surface area contributed by atoms with Gasteiger partial charge in [0.2, 0.25) is 0 Å². The second-order valence-electron chi connectivity index (χ2n) is 5.98. The van der Waals surface area contributed by atoms with Gasteiger partial charge in [0.05, 0.1) is 11.6 Å². The van der Waals surface area contributed by atoms with Gasteiger partial charge in [-0.15, -0.1) is 0 Å². The van der Waals surface area contributed by atoms with Gasteiger partial charge in [-0.25, -0.2) is 0 Å². The molecule has 0 saturated carbocycles. The molecule has 0 fully saturated rings. The van der Waals surface area contributed by atoms with E-state index in [0.717, 1.165) is 12.1 Å². The predicted molar refractivity (Wildman–Crippen MR) is 76.2 cm³/mol. The van der Waals surface area contributed by atoms with Crippen molar-refractivity contribution >= 4 is 0 Å². The SMILES string of the molecule is CC(NCC(C)(C)C(C)C)c1cccc(C#N)c1. The molecule has 0 spiro atoms. The summed E-state index contributed by atoms with van der Waals surface area (Å²) in [5.74, 6) is 0.641. The molecule has 1 unspecified atom stereocenters. The maximum Gasteiger partial charge on any atom is 0.0991 e. The topological polar surface area (TPSA) is 35.8 Å². The largest absolute Gasteiger partial charge is 0.310 e. The van der Waals surface area contributed by atoms with Crippen LogP contribution in [-0.2, 0) is 0 Å². The molecule has 18 heavy (non-hydrogen) atoms. The molecule has 0 bridgehead atoms. The van der Waals surface area contributed by atoms with E-state index < -0.39 is 0 Å². The minimum Gasteiger partial charge on any atom is -0.310 e. The summed E-state index contributed by atoms with van der Waals surface area (Å²) in [4.78, 5) is 0. The van der Waals surface area contributed by atoms with E-state index >= 15 is 0 Å². The van der Waals surface area contributed by atoms with Gasteiger partial charge in [0.1, 0.15) is 0 Å². The average molecular weight is 244 g/mol. The smallest absolute Gasteiger partial charge is 0.0991 e. The van der Waals surface area contributed by atoms with Crippen LogP contribution < -0.4 is 5.32 Å². The highest BCUT2D eigenvalue weighted by molar-refractivity contribution is 5.34. The van der Waals surface area contributed by atoms with E-state index in [1.807, 2.05) is 18.2 Å². The van der Waals surface area contributed by atoms with Crippen molar-refractivity contribution in [1.82, 2.24) is 5.32 Å². The van der Waals surface area contributed by atoms with Crippen molar-refractivity contribution in [3.05, 3.63) is 35.4 Å². The van der Waals surface area contributed by atoms with Crippen LogP contribution >= 0.6 is 0 Å². The first kappa shape index (κ1) is 14.7. The molecule has 1 aromatic carbocycles. The van der Waals surface area contributed by atoms with E-state index in [-0.39, 0.29) is 11.5 Å². The van der Waals surface area contributed by atoms with E-state index in [1.54, 1.807) is 0 Å². The van der Waals surface area contributed by atoms with Crippen molar-refractivity contribution in [2.45, 2.75) is 40.7 Å². The maximum atomic E-state index is 8.91. The summed E-state index contributed by atoms with van der Waals surface area (Å²) in [6, 6.07) is 10.3. The van der Waals surface area contributed by atoms with Gasteiger partial charge in [-0.1, -0.05) is 39.8 Å². The minimum atomic E-state index is 0.274. The van der Waals surface area contributed by atoms with Crippen molar-refractivity contribution in [3.63, 3.8) is 0 Å². The summed E-state index contributed by atoms with van der Waals surface area (Å²) in [5.41, 5.74) is 2.18. The Labute approximate surface area is 111 Å². The van der Waals surface area contributed by atoms with Gasteiger partial charge in [-0.05, 0) is 36.0 Å². The summed E-state index contributed by atoms with van der Waals surface area (Å²) < 4.78 is 0. The van der Waals surface area contributed by atoms with Crippen LogP contribution in [0.5, 0.6) is 0 Å². The Morgan fingerprint density at radius 2 is 1.94 bits per heavy atom. The van der Waals surface area contributed by atoms with Crippen LogP contribution in [0, 0.1) is 22.7 Å². The molecule has 0 radical (unpaired) electrons. The quantitative estimate of drug-likeness (QED) is 0.853. The van der Waals surface area contributed by atoms with Gasteiger partial charge in [0.15, 0.2) is 0 Å². The van der Waals surface area contributed by atoms with Crippen LogP contribution in [0.3, 0.4) is 0 Å². The number of nitrogens with one attached hydrogen (secondary N) is 1. The van der Waals surface area contributed by atoms with Gasteiger partial charge in [0.25, 0.3) is 0 Å². The van der Waals surface area contributed by atoms with E-state index in [4.69, 9.17) is 5.26 Å². The number of hydrogen-bond donors (Lipinski definition) is 1. The second kappa shape index (κ2) is 6.02. The van der Waals surface area contributed by atoms with Gasteiger partial charge in [-0.3, -0.25) is 0 Å². The summed E-state index contributed by atoms with van der Waals surface area (Å²) >= 11 is 0. The summed E-state index contributed by atoms with van der Waals surface area (Å²) in [5, 5.41) is 12.5. The lowest BCUT2D eigenvalue weighted by Crippen LogP contribution is -2.34. The molecule has 0 aliphatic rings. The zero-order chi connectivity index (χ0) is 13.8. The number of benzene rings is 1. The summed E-state index contributed by atoms with van der Waals surface area (Å²) in [7, 11) is 0. The van der Waals surface area contributed by atoms with Crippen LogP contribution in [-0.4, -0.2) is 6.54 Å². The fraction of sp³-hybridized carbons (Fsp3) is 0.562. The Morgan fingerprint density at radius 1 is 1.28 bits per heavy atom. The standard InChI is InChI=1S/C16H24N2/c1-12(2)16(4,5)11-18-13(3)15-8-6-7-14(9-15)10-17/h6-9,12-13,18H,11H2,1-5H3. The van der Waals surface area contributed by atoms with Crippen molar-refractivity contribution in [2.24, 2.45) is 11.3 Å². The molecule has 0 heterocycles. The molecule has 1 rings (SSSR count). The fourth-order valence-electron chi connectivity index (χ4n) is 1.62. The van der Waals surface area contributed by atoms with Crippen LogP contribution in [0.1, 0.15) is 51.8 Å². The normalized spacial score (nSPS) is 13.4. The lowest BCUT2D eigenvalue weighted by molar-refractivity contribution is 0.230. The Balaban J connectivity index is 2.66. The van der Waals surface area contributed by atoms with Crippen LogP contribution in [0.25, 0.3) is 0 Å². The van der Waals surface area contributed by atoms with E-state index in [0.29, 0.717) is 5.92 Å². The first-order chi connectivity index (χ1) is 8.36. The first-order valence-electron chi connectivity index (χ1n) is 6.60. The average Bonchev–Trinajstić information content (AvgIpc) is 2.36. The third-order valence-electron chi connectivity index (χ3n) is 3.94. The molecule has 2 nitrogen and oxygen atoms in total. The van der Waals surface area contributed by atoms with E-state index in [2.05, 4.69) is 52.1 Å². The molecule has 0 aromatic heterocycles. The lowest BCUT2D eigenvalue weighted by Gasteiger charge is -2.31. The van der Waals surface area contributed by atoms with Crippen LogP contribution in [0.2, 0.25) is 0 Å². The zero-order valence-corrected chi connectivity index (χ0v) is 12.1. The Morgan fingerprint density at radius 3 is 2.50 bits per heavy atom. The molecule has 2 heteroatoms. The highest BCUT2D eigenvalue weighted by atomic mass is 14.9. The molecule has 0 aliphatic carbocycles. The summed E-state index contributed by atoms with van der Waals surface area (Å²) in [6.07, 6.45) is 0. The molecule has 0 saturated heterocycles. The highest BCUT2D eigenvalue weighted by Crippen LogP contribution is 2.26. The molecule has 0 amide bonds. The Hall–Kier alpha value is -1.33. The number of nitrogens with zero attached hydrogens (tertiary/aromatic N) is 1. The van der Waals surface area contributed by atoms with Crippen LogP contribution in [0.15, 0.2) is 24.3 Å². The van der Waals surface area contributed by atoms with Crippen molar-refractivity contribution < 1.29 is 0 Å². The second-order valence-corrected chi connectivity index (χ2v) is 5.98. The third kappa shape index (κ3) is 3.85. The molecule has 1 N–H and O–H groups in total. The van der Waals surface area contributed by atoms with Crippen molar-refractivity contribution in [1.29, 1.82) is 5.26 Å². The van der Waals surface area contributed by atoms with Crippen LogP contribution in [0.4, 0.5) is 0 Å². The maximum absolute atomic E-state index is 8.91. The number of hydrogen-bond acceptors (Lipinski definition) is 2. The van der Waals surface area contributed by atoms with E-state index in [1.165, 1.54) is 5.56 Å². The zero-order valence-electron chi connectivity index (χ0n) is 12.1. The van der Waals surface area contributed by atoms with Gasteiger partial charge < -0.3 is 5.32 Å².